The predicted octanol–water partition coefficient (Wildman–Crippen LogP) is 3.58. The Kier molecular flexibility index (Phi) is 5.00. The van der Waals surface area contributed by atoms with Gasteiger partial charge in [0.1, 0.15) is 18.2 Å². The molecule has 3 amide bonds. The molecule has 3 aliphatic rings. The molecule has 2 atom stereocenters. The number of halogens is 2. The number of hydrogen-bond donors (Lipinski definition) is 1. The molecular weight excluding hydrogens is 404 g/mol. The second kappa shape index (κ2) is 7.83. The van der Waals surface area contributed by atoms with Crippen LogP contribution < -0.4 is 5.32 Å². The number of amides is 3. The van der Waals surface area contributed by atoms with Crippen molar-refractivity contribution in [2.45, 2.75) is 18.4 Å². The van der Waals surface area contributed by atoms with Crippen molar-refractivity contribution in [2.24, 2.45) is 5.92 Å². The van der Waals surface area contributed by atoms with E-state index in [4.69, 9.17) is 4.74 Å². The lowest BCUT2D eigenvalue weighted by Crippen LogP contribution is -2.53. The van der Waals surface area contributed by atoms with Crippen LogP contribution in [0.3, 0.4) is 0 Å². The highest BCUT2D eigenvalue weighted by Crippen LogP contribution is 2.32. The van der Waals surface area contributed by atoms with Gasteiger partial charge in [-0.3, -0.25) is 0 Å². The Morgan fingerprint density at radius 3 is 2.48 bits per heavy atom. The Hall–Kier alpha value is -3.16. The fraction of sp³-hybridized carbons (Fsp3) is 0.391. The molecule has 5 rings (SSSR count). The van der Waals surface area contributed by atoms with Gasteiger partial charge in [0.15, 0.2) is 0 Å². The molecular formula is C23H23F2N3O3. The van der Waals surface area contributed by atoms with Gasteiger partial charge in [-0.15, -0.1) is 0 Å². The maximum absolute atomic E-state index is 14.0. The molecule has 31 heavy (non-hydrogen) atoms. The summed E-state index contributed by atoms with van der Waals surface area (Å²) >= 11 is 0. The van der Waals surface area contributed by atoms with Gasteiger partial charge in [0.25, 0.3) is 0 Å². The minimum Gasteiger partial charge on any atom is -0.447 e. The van der Waals surface area contributed by atoms with Gasteiger partial charge in [-0.25, -0.2) is 18.4 Å². The standard InChI is InChI=1S/C23H23F2N3O3/c24-18-5-6-19(20(25)9-18)15-3-1-14(2-4-15)17-11-28(12-17)23(30)27-8-7-16(10-27)21-13-31-22(29)26-21/h1-6,9,16-17,21H,7-8,10-13H2,(H,26,29). The average molecular weight is 427 g/mol. The molecule has 8 heteroatoms. The number of likely N-dealkylation sites (tertiary alicyclic amines) is 2. The van der Waals surface area contributed by atoms with Crippen molar-refractivity contribution in [1.29, 1.82) is 0 Å². The van der Waals surface area contributed by atoms with Crippen molar-refractivity contribution in [3.05, 3.63) is 59.7 Å². The fourth-order valence-electron chi connectivity index (χ4n) is 4.65. The smallest absolute Gasteiger partial charge is 0.407 e. The van der Waals surface area contributed by atoms with Crippen molar-refractivity contribution >= 4 is 12.1 Å². The van der Waals surface area contributed by atoms with Gasteiger partial charge >= 0.3 is 12.1 Å². The number of urea groups is 1. The van der Waals surface area contributed by atoms with E-state index in [9.17, 15) is 18.4 Å². The maximum atomic E-state index is 14.0. The Balaban J connectivity index is 1.15. The number of alkyl carbamates (subject to hydrolysis) is 1. The number of carbonyl (C=O) groups is 2. The van der Waals surface area contributed by atoms with Gasteiger partial charge in [0.2, 0.25) is 0 Å². The normalized spacial score (nSPS) is 23.5. The number of carbonyl (C=O) groups excluding carboxylic acids is 2. The first kappa shape index (κ1) is 19.8. The number of nitrogens with zero attached hydrogens (tertiary/aromatic N) is 2. The largest absolute Gasteiger partial charge is 0.447 e. The topological polar surface area (TPSA) is 61.9 Å². The molecule has 2 unspecified atom stereocenters. The number of hydrogen-bond acceptors (Lipinski definition) is 3. The van der Waals surface area contributed by atoms with Gasteiger partial charge in [0, 0.05) is 49.6 Å². The van der Waals surface area contributed by atoms with E-state index in [-0.39, 0.29) is 30.0 Å². The van der Waals surface area contributed by atoms with E-state index in [1.54, 1.807) is 0 Å². The molecule has 0 bridgehead atoms. The van der Waals surface area contributed by atoms with Gasteiger partial charge in [-0.05, 0) is 29.7 Å². The molecule has 2 aromatic rings. The third kappa shape index (κ3) is 3.82. The second-order valence-electron chi connectivity index (χ2n) is 8.47. The zero-order valence-electron chi connectivity index (χ0n) is 16.9. The van der Waals surface area contributed by atoms with E-state index in [2.05, 4.69) is 5.32 Å². The Morgan fingerprint density at radius 2 is 1.81 bits per heavy atom. The second-order valence-corrected chi connectivity index (χ2v) is 8.47. The molecule has 0 spiro atoms. The summed E-state index contributed by atoms with van der Waals surface area (Å²) in [5.41, 5.74) is 2.16. The number of cyclic esters (lactones) is 1. The highest BCUT2D eigenvalue weighted by molar-refractivity contribution is 5.76. The van der Waals surface area contributed by atoms with Gasteiger partial charge in [-0.1, -0.05) is 24.3 Å². The van der Waals surface area contributed by atoms with Crippen molar-refractivity contribution in [3.63, 3.8) is 0 Å². The zero-order chi connectivity index (χ0) is 21.5. The number of ether oxygens (including phenoxy) is 1. The van der Waals surface area contributed by atoms with Gasteiger partial charge in [-0.2, -0.15) is 0 Å². The van der Waals surface area contributed by atoms with E-state index in [1.165, 1.54) is 12.1 Å². The van der Waals surface area contributed by atoms with Crippen molar-refractivity contribution < 1.29 is 23.1 Å². The van der Waals surface area contributed by atoms with Crippen LogP contribution in [0.5, 0.6) is 0 Å². The van der Waals surface area contributed by atoms with Crippen LogP contribution >= 0.6 is 0 Å². The summed E-state index contributed by atoms with van der Waals surface area (Å²) in [7, 11) is 0. The molecule has 1 N–H and O–H groups in total. The number of rotatable bonds is 3. The lowest BCUT2D eigenvalue weighted by Gasteiger charge is -2.41. The monoisotopic (exact) mass is 427 g/mol. The number of nitrogens with one attached hydrogen (secondary N) is 1. The molecule has 0 saturated carbocycles. The van der Waals surface area contributed by atoms with Gasteiger partial charge in [0.05, 0.1) is 6.04 Å². The Labute approximate surface area is 178 Å². The van der Waals surface area contributed by atoms with E-state index < -0.39 is 11.6 Å². The summed E-state index contributed by atoms with van der Waals surface area (Å²) < 4.78 is 32.1. The molecule has 0 aromatic heterocycles. The minimum absolute atomic E-state index is 0.0149. The summed E-state index contributed by atoms with van der Waals surface area (Å²) in [5, 5.41) is 2.81. The van der Waals surface area contributed by atoms with Crippen LogP contribution in [0.4, 0.5) is 18.4 Å². The number of benzene rings is 2. The van der Waals surface area contributed by atoms with Crippen LogP contribution in [0.15, 0.2) is 42.5 Å². The first-order valence-corrected chi connectivity index (χ1v) is 10.5. The third-order valence-corrected chi connectivity index (χ3v) is 6.54. The molecule has 2 aromatic carbocycles. The third-order valence-electron chi connectivity index (χ3n) is 6.54. The average Bonchev–Trinajstić information content (AvgIpc) is 3.37. The quantitative estimate of drug-likeness (QED) is 0.815. The van der Waals surface area contributed by atoms with E-state index in [0.717, 1.165) is 18.1 Å². The molecule has 6 nitrogen and oxygen atoms in total. The highest BCUT2D eigenvalue weighted by atomic mass is 19.1. The Morgan fingerprint density at radius 1 is 1.03 bits per heavy atom. The summed E-state index contributed by atoms with van der Waals surface area (Å²) in [5.74, 6) is -0.701. The SMILES string of the molecule is O=C1NC(C2CCN(C(=O)N3CC(c4ccc(-c5ccc(F)cc5F)cc4)C3)C2)CO1. The first-order valence-electron chi connectivity index (χ1n) is 10.5. The molecule has 3 fully saturated rings. The summed E-state index contributed by atoms with van der Waals surface area (Å²) in [4.78, 5) is 27.7. The van der Waals surface area contributed by atoms with Crippen molar-refractivity contribution in [2.75, 3.05) is 32.8 Å². The highest BCUT2D eigenvalue weighted by Gasteiger charge is 2.40. The van der Waals surface area contributed by atoms with E-state index in [1.807, 2.05) is 34.1 Å². The molecule has 3 aliphatic heterocycles. The molecule has 3 saturated heterocycles. The fourth-order valence-corrected chi connectivity index (χ4v) is 4.65. The molecule has 3 heterocycles. The minimum atomic E-state index is -0.595. The first-order chi connectivity index (χ1) is 15.0. The lowest BCUT2D eigenvalue weighted by atomic mass is 9.90. The zero-order valence-corrected chi connectivity index (χ0v) is 16.9. The van der Waals surface area contributed by atoms with Crippen LogP contribution in [0.25, 0.3) is 11.1 Å². The Bertz CT molecular complexity index is 1010. The van der Waals surface area contributed by atoms with Crippen molar-refractivity contribution in [3.8, 4) is 11.1 Å². The van der Waals surface area contributed by atoms with Crippen LogP contribution in [0, 0.1) is 17.6 Å². The molecule has 0 aliphatic carbocycles. The predicted molar refractivity (Wildman–Crippen MR) is 109 cm³/mol. The van der Waals surface area contributed by atoms with Crippen LogP contribution in [-0.4, -0.2) is 60.8 Å². The molecule has 162 valence electrons. The van der Waals surface area contributed by atoms with Gasteiger partial charge < -0.3 is 19.9 Å². The van der Waals surface area contributed by atoms with E-state index in [0.29, 0.717) is 43.9 Å². The van der Waals surface area contributed by atoms with Crippen molar-refractivity contribution in [1.82, 2.24) is 15.1 Å². The van der Waals surface area contributed by atoms with E-state index >= 15 is 0 Å². The lowest BCUT2D eigenvalue weighted by molar-refractivity contribution is 0.119. The van der Waals surface area contributed by atoms with Crippen LogP contribution in [0.1, 0.15) is 17.9 Å². The summed E-state index contributed by atoms with van der Waals surface area (Å²) in [6.07, 6.45) is 0.479. The maximum Gasteiger partial charge on any atom is 0.407 e. The molecule has 0 radical (unpaired) electrons. The summed E-state index contributed by atoms with van der Waals surface area (Å²) in [6, 6.07) is 11.1. The van der Waals surface area contributed by atoms with Crippen LogP contribution in [-0.2, 0) is 4.74 Å². The van der Waals surface area contributed by atoms with Crippen LogP contribution in [0.2, 0.25) is 0 Å². The summed E-state index contributed by atoms with van der Waals surface area (Å²) in [6.45, 7) is 2.98.